The lowest BCUT2D eigenvalue weighted by Crippen LogP contribution is -2.61. The predicted molar refractivity (Wildman–Crippen MR) is 100 cm³/mol. The first-order valence-electron chi connectivity index (χ1n) is 9.29. The normalized spacial score (nSPS) is 25.0. The van der Waals surface area contributed by atoms with Gasteiger partial charge >= 0.3 is 20.0 Å². The number of imide groups is 1. The molecule has 1 saturated heterocycles. The van der Waals surface area contributed by atoms with Crippen molar-refractivity contribution < 1.29 is 33.4 Å². The number of aliphatic hydroxyl groups excluding tert-OH is 1. The van der Waals surface area contributed by atoms with E-state index in [0.29, 0.717) is 19.3 Å². The minimum absolute atomic E-state index is 0.208. The molecule has 1 aliphatic heterocycles. The van der Waals surface area contributed by atoms with E-state index in [4.69, 9.17) is 4.52 Å². The molecule has 5 atom stereocenters. The number of aryl methyl sites for hydroxylation is 1. The summed E-state index contributed by atoms with van der Waals surface area (Å²) in [6, 6.07) is 9.40. The largest absolute Gasteiger partial charge is 0.541 e. The molecule has 4 unspecified atom stereocenters. The van der Waals surface area contributed by atoms with Gasteiger partial charge in [-0.25, -0.2) is 4.79 Å². The molecule has 148 valence electrons. The molecule has 0 spiro atoms. The minimum atomic E-state index is -2.48. The average Bonchev–Trinajstić information content (AvgIpc) is 3.04. The van der Waals surface area contributed by atoms with Crippen LogP contribution >= 0.6 is 8.03 Å². The minimum Gasteiger partial charge on any atom is -0.435 e. The molecule has 2 rings (SSSR count). The van der Waals surface area contributed by atoms with Crippen molar-refractivity contribution >= 4 is 20.0 Å². The predicted octanol–water partition coefficient (Wildman–Crippen LogP) is 3.68. The van der Waals surface area contributed by atoms with Gasteiger partial charge in [0.15, 0.2) is 0 Å². The van der Waals surface area contributed by atoms with Crippen LogP contribution in [0.2, 0.25) is 0 Å². The van der Waals surface area contributed by atoms with E-state index < -0.39 is 36.5 Å². The Morgan fingerprint density at radius 2 is 2.00 bits per heavy atom. The number of hydrogen-bond acceptors (Lipinski definition) is 5. The number of likely N-dealkylation sites (tertiary alicyclic amines) is 1. The van der Waals surface area contributed by atoms with E-state index in [0.717, 1.165) is 12.0 Å². The average molecular weight is 397 g/mol. The van der Waals surface area contributed by atoms with Crippen molar-refractivity contribution in [3.05, 3.63) is 35.9 Å². The molecule has 1 aromatic carbocycles. The van der Waals surface area contributed by atoms with Crippen molar-refractivity contribution in [2.24, 2.45) is 0 Å². The number of carboxylic acid groups (broad SMARTS) is 1. The van der Waals surface area contributed by atoms with Crippen LogP contribution in [0, 0.1) is 0 Å². The maximum atomic E-state index is 12.7. The summed E-state index contributed by atoms with van der Waals surface area (Å²) in [5.74, 6) is -1.81. The van der Waals surface area contributed by atoms with E-state index in [2.05, 4.69) is 0 Å². The Labute approximate surface area is 160 Å². The number of aliphatic hydroxyl groups is 1. The molecule has 8 heteroatoms. The molecule has 2 N–H and O–H groups in total. The molecule has 1 aromatic rings. The number of amides is 2. The lowest BCUT2D eigenvalue weighted by atomic mass is 10.1. The number of rotatable bonds is 8. The Hall–Kier alpha value is -1.66. The molecule has 0 aliphatic carbocycles. The van der Waals surface area contributed by atoms with E-state index >= 15 is 0 Å². The Morgan fingerprint density at radius 3 is 2.56 bits per heavy atom. The molecular formula is C19H28NO6P+2. The maximum absolute atomic E-state index is 12.7. The first-order valence-corrected chi connectivity index (χ1v) is 10.5. The standard InChI is InChI=1S/C19H27NO6P/c1-14-8-7-13-20(14,19(23)24)18(22)15(2)26-27(25)17(21)12-6-11-16-9-4-3-5-10-16/h3-5,9-10,14-15,17,21H,6-8,11-13H2,1-2H3/q+1/p+1/t14-,15?,17?,20?/m1/s1. The first kappa shape index (κ1) is 21.6. The number of quaternary nitrogens is 1. The Kier molecular flexibility index (Phi) is 7.62. The van der Waals surface area contributed by atoms with Crippen LogP contribution in [0.3, 0.4) is 0 Å². The van der Waals surface area contributed by atoms with Crippen LogP contribution in [0.25, 0.3) is 0 Å². The van der Waals surface area contributed by atoms with E-state index in [1.807, 2.05) is 30.3 Å². The number of hydrogen-bond donors (Lipinski definition) is 2. The highest BCUT2D eigenvalue weighted by Gasteiger charge is 2.56. The summed E-state index contributed by atoms with van der Waals surface area (Å²) >= 11 is 0. The summed E-state index contributed by atoms with van der Waals surface area (Å²) in [5, 5.41) is 19.7. The summed E-state index contributed by atoms with van der Waals surface area (Å²) in [5.41, 5.74) is 1.13. The number of carbonyl (C=O) groups excluding carboxylic acids is 1. The van der Waals surface area contributed by atoms with Gasteiger partial charge in [0, 0.05) is 19.3 Å². The summed E-state index contributed by atoms with van der Waals surface area (Å²) in [6.07, 6.45) is 0.559. The van der Waals surface area contributed by atoms with E-state index in [-0.39, 0.29) is 19.0 Å². The summed E-state index contributed by atoms with van der Waals surface area (Å²) in [7, 11) is -2.48. The van der Waals surface area contributed by atoms with Gasteiger partial charge < -0.3 is 10.2 Å². The Morgan fingerprint density at radius 1 is 1.33 bits per heavy atom. The van der Waals surface area contributed by atoms with E-state index in [1.165, 1.54) is 6.92 Å². The van der Waals surface area contributed by atoms with Gasteiger partial charge in [-0.3, -0.25) is 0 Å². The third kappa shape index (κ3) is 4.99. The summed E-state index contributed by atoms with van der Waals surface area (Å²) in [4.78, 5) is 24.5. The van der Waals surface area contributed by atoms with Gasteiger partial charge in [0.05, 0.1) is 6.54 Å². The molecule has 7 nitrogen and oxygen atoms in total. The molecule has 0 saturated carbocycles. The fourth-order valence-electron chi connectivity index (χ4n) is 3.62. The third-order valence-electron chi connectivity index (χ3n) is 5.24. The molecule has 0 radical (unpaired) electrons. The number of carbonyl (C=O) groups is 2. The zero-order valence-corrected chi connectivity index (χ0v) is 16.7. The van der Waals surface area contributed by atoms with Crippen molar-refractivity contribution in [1.29, 1.82) is 0 Å². The molecule has 2 amide bonds. The Bertz CT molecular complexity index is 682. The van der Waals surface area contributed by atoms with Crippen molar-refractivity contribution in [3.8, 4) is 0 Å². The van der Waals surface area contributed by atoms with Gasteiger partial charge in [-0.2, -0.15) is 9.28 Å². The van der Waals surface area contributed by atoms with Crippen LogP contribution in [0.4, 0.5) is 4.79 Å². The number of benzene rings is 1. The number of nitrogens with zero attached hydrogens (tertiary/aromatic N) is 1. The van der Waals surface area contributed by atoms with Crippen LogP contribution in [-0.2, 0) is 20.3 Å². The smallest absolute Gasteiger partial charge is 0.435 e. The molecule has 0 bridgehead atoms. The molecule has 1 heterocycles. The fourth-order valence-corrected chi connectivity index (χ4v) is 4.55. The molecule has 27 heavy (non-hydrogen) atoms. The second-order valence-electron chi connectivity index (χ2n) is 7.10. The van der Waals surface area contributed by atoms with E-state index in [9.17, 15) is 24.4 Å². The van der Waals surface area contributed by atoms with Crippen LogP contribution in [0.5, 0.6) is 0 Å². The van der Waals surface area contributed by atoms with Crippen LogP contribution < -0.4 is 0 Å². The monoisotopic (exact) mass is 397 g/mol. The van der Waals surface area contributed by atoms with Crippen molar-refractivity contribution in [2.45, 2.75) is 63.9 Å². The topological polar surface area (TPSA) is 101 Å². The van der Waals surface area contributed by atoms with Gasteiger partial charge in [0.1, 0.15) is 6.04 Å². The Balaban J connectivity index is 1.88. The van der Waals surface area contributed by atoms with Gasteiger partial charge in [-0.1, -0.05) is 30.3 Å². The lowest BCUT2D eigenvalue weighted by Gasteiger charge is -2.30. The van der Waals surface area contributed by atoms with Crippen LogP contribution in [-0.4, -0.2) is 51.2 Å². The first-order chi connectivity index (χ1) is 12.8. The second kappa shape index (κ2) is 9.51. The lowest BCUT2D eigenvalue weighted by molar-refractivity contribution is -0.793. The second-order valence-corrected chi connectivity index (χ2v) is 8.47. The molecule has 0 aromatic heterocycles. The van der Waals surface area contributed by atoms with Crippen LogP contribution in [0.1, 0.15) is 45.1 Å². The van der Waals surface area contributed by atoms with Gasteiger partial charge in [-0.15, -0.1) is 4.52 Å². The van der Waals surface area contributed by atoms with Crippen molar-refractivity contribution in [1.82, 2.24) is 0 Å². The van der Waals surface area contributed by atoms with Crippen LogP contribution in [0.15, 0.2) is 30.3 Å². The van der Waals surface area contributed by atoms with Crippen molar-refractivity contribution in [3.63, 3.8) is 0 Å². The van der Waals surface area contributed by atoms with Gasteiger partial charge in [0.25, 0.3) is 5.85 Å². The SMILES string of the molecule is CC(O[P+](=O)C(O)CCCc1ccccc1)C(=O)[N+]1(C(=O)O)CCC[C@H]1C. The zero-order chi connectivity index (χ0) is 20.0. The van der Waals surface area contributed by atoms with E-state index in [1.54, 1.807) is 6.92 Å². The highest BCUT2D eigenvalue weighted by molar-refractivity contribution is 7.39. The zero-order valence-electron chi connectivity index (χ0n) is 15.8. The quantitative estimate of drug-likeness (QED) is 0.513. The fraction of sp³-hybridized carbons (Fsp3) is 0.579. The van der Waals surface area contributed by atoms with Crippen molar-refractivity contribution in [2.75, 3.05) is 6.54 Å². The highest BCUT2D eigenvalue weighted by atomic mass is 31.1. The van der Waals surface area contributed by atoms with Gasteiger partial charge in [-0.05, 0) is 36.8 Å². The third-order valence-corrected chi connectivity index (χ3v) is 6.51. The van der Waals surface area contributed by atoms with Gasteiger partial charge in [0.2, 0.25) is 6.10 Å². The maximum Gasteiger partial charge on any atom is 0.541 e. The summed E-state index contributed by atoms with van der Waals surface area (Å²) < 4.78 is 16.8. The summed E-state index contributed by atoms with van der Waals surface area (Å²) in [6.45, 7) is 3.34. The molecule has 1 fully saturated rings. The molecule has 1 aliphatic rings. The molecular weight excluding hydrogens is 369 g/mol. The highest BCUT2D eigenvalue weighted by Crippen LogP contribution is 2.36.